The number of H-pyrrole nitrogens is 1. The molecule has 13 heavy (non-hydrogen) atoms. The number of halogens is 1. The molecule has 0 aliphatic heterocycles. The molecule has 0 fully saturated rings. The number of nitro benzene ring substituents is 1. The highest BCUT2D eigenvalue weighted by Crippen LogP contribution is 2.23. The summed E-state index contributed by atoms with van der Waals surface area (Å²) in [6.45, 7) is 0. The summed E-state index contributed by atoms with van der Waals surface area (Å²) in [5, 5.41) is 11.6. The van der Waals surface area contributed by atoms with Crippen molar-refractivity contribution in [2.45, 2.75) is 0 Å². The summed E-state index contributed by atoms with van der Waals surface area (Å²) in [5.41, 5.74) is -0.493. The van der Waals surface area contributed by atoms with Gasteiger partial charge in [0.1, 0.15) is 0 Å². The molecule has 66 valence electrons. The average molecular weight is 180 g/mol. The van der Waals surface area contributed by atoms with Crippen LogP contribution >= 0.6 is 0 Å². The second-order valence-corrected chi connectivity index (χ2v) is 2.64. The molecule has 4 nitrogen and oxygen atoms in total. The van der Waals surface area contributed by atoms with Crippen LogP contribution in [-0.4, -0.2) is 9.91 Å². The number of aromatic amines is 1. The van der Waals surface area contributed by atoms with Crippen molar-refractivity contribution in [2.75, 3.05) is 0 Å². The van der Waals surface area contributed by atoms with Gasteiger partial charge >= 0.3 is 5.69 Å². The Kier molecular flexibility index (Phi) is 1.51. The number of rotatable bonds is 1. The molecule has 2 aromatic rings. The molecule has 1 heterocycles. The molecule has 0 spiro atoms. The predicted molar refractivity (Wildman–Crippen MR) is 44.9 cm³/mol. The van der Waals surface area contributed by atoms with Gasteiger partial charge in [0.25, 0.3) is 0 Å². The summed E-state index contributed by atoms with van der Waals surface area (Å²) in [6.07, 6.45) is 3.17. The highest BCUT2D eigenvalue weighted by molar-refractivity contribution is 5.84. The number of fused-ring (bicyclic) bond motifs is 1. The number of hydrogen-bond donors (Lipinski definition) is 1. The van der Waals surface area contributed by atoms with Crippen LogP contribution in [0.5, 0.6) is 0 Å². The van der Waals surface area contributed by atoms with E-state index < -0.39 is 16.4 Å². The summed E-state index contributed by atoms with van der Waals surface area (Å²) in [5.74, 6) is -0.808. The van der Waals surface area contributed by atoms with Crippen LogP contribution < -0.4 is 0 Å². The summed E-state index contributed by atoms with van der Waals surface area (Å²) in [6, 6.07) is 2.35. The zero-order valence-electron chi connectivity index (χ0n) is 6.45. The molecule has 0 radical (unpaired) electrons. The number of benzene rings is 1. The highest BCUT2D eigenvalue weighted by Gasteiger charge is 2.14. The lowest BCUT2D eigenvalue weighted by Gasteiger charge is -1.93. The van der Waals surface area contributed by atoms with E-state index in [9.17, 15) is 14.5 Å². The van der Waals surface area contributed by atoms with Gasteiger partial charge in [-0.2, -0.15) is 4.39 Å². The van der Waals surface area contributed by atoms with Crippen LogP contribution in [0.4, 0.5) is 10.1 Å². The normalized spacial score (nSPS) is 10.5. The zero-order valence-corrected chi connectivity index (χ0v) is 6.45. The van der Waals surface area contributed by atoms with E-state index in [0.29, 0.717) is 10.8 Å². The summed E-state index contributed by atoms with van der Waals surface area (Å²) in [4.78, 5) is 12.4. The van der Waals surface area contributed by atoms with Crippen molar-refractivity contribution < 1.29 is 9.31 Å². The lowest BCUT2D eigenvalue weighted by Crippen LogP contribution is -1.91. The standard InChI is InChI=1S/C8H5FN2O2/c9-7-1-5-3-10-4-6(5)2-8(7)11(12)13/h1-4,10H. The molecule has 1 aromatic carbocycles. The lowest BCUT2D eigenvalue weighted by molar-refractivity contribution is -0.387. The van der Waals surface area contributed by atoms with E-state index in [1.165, 1.54) is 6.07 Å². The summed E-state index contributed by atoms with van der Waals surface area (Å²) in [7, 11) is 0. The Labute approximate surface area is 72.1 Å². The number of aromatic nitrogens is 1. The van der Waals surface area contributed by atoms with Crippen molar-refractivity contribution >= 4 is 16.5 Å². The minimum atomic E-state index is -0.808. The maximum atomic E-state index is 13.0. The van der Waals surface area contributed by atoms with E-state index in [0.717, 1.165) is 6.07 Å². The van der Waals surface area contributed by atoms with Crippen LogP contribution in [0.25, 0.3) is 10.8 Å². The molecular weight excluding hydrogens is 175 g/mol. The first-order valence-corrected chi connectivity index (χ1v) is 3.59. The van der Waals surface area contributed by atoms with Crippen molar-refractivity contribution in [1.82, 2.24) is 4.98 Å². The van der Waals surface area contributed by atoms with E-state index in [-0.39, 0.29) is 0 Å². The first-order chi connectivity index (χ1) is 6.18. The first kappa shape index (κ1) is 7.72. The number of hydrogen-bond acceptors (Lipinski definition) is 2. The van der Waals surface area contributed by atoms with Crippen LogP contribution in [-0.2, 0) is 0 Å². The van der Waals surface area contributed by atoms with Gasteiger partial charge in [0.15, 0.2) is 0 Å². The summed E-state index contributed by atoms with van der Waals surface area (Å²) < 4.78 is 13.0. The molecule has 0 aliphatic carbocycles. The Balaban J connectivity index is 2.76. The number of nitrogens with zero attached hydrogens (tertiary/aromatic N) is 1. The van der Waals surface area contributed by atoms with Gasteiger partial charge in [0.2, 0.25) is 5.82 Å². The second-order valence-electron chi connectivity index (χ2n) is 2.64. The van der Waals surface area contributed by atoms with Crippen molar-refractivity contribution in [1.29, 1.82) is 0 Å². The average Bonchev–Trinajstić information content (AvgIpc) is 2.48. The monoisotopic (exact) mass is 180 g/mol. The minimum absolute atomic E-state index is 0.493. The van der Waals surface area contributed by atoms with Crippen molar-refractivity contribution in [3.05, 3.63) is 40.5 Å². The fourth-order valence-corrected chi connectivity index (χ4v) is 1.20. The van der Waals surface area contributed by atoms with E-state index in [2.05, 4.69) is 4.98 Å². The van der Waals surface area contributed by atoms with Crippen molar-refractivity contribution in [2.24, 2.45) is 0 Å². The largest absolute Gasteiger partial charge is 0.366 e. The van der Waals surface area contributed by atoms with Crippen molar-refractivity contribution in [3.8, 4) is 0 Å². The molecule has 0 atom stereocenters. The molecule has 0 saturated heterocycles. The summed E-state index contributed by atoms with van der Waals surface area (Å²) >= 11 is 0. The van der Waals surface area contributed by atoms with Gasteiger partial charge in [-0.25, -0.2) is 0 Å². The van der Waals surface area contributed by atoms with E-state index >= 15 is 0 Å². The molecule has 5 heteroatoms. The predicted octanol–water partition coefficient (Wildman–Crippen LogP) is 2.22. The first-order valence-electron chi connectivity index (χ1n) is 3.59. The van der Waals surface area contributed by atoms with Gasteiger partial charge in [0, 0.05) is 29.2 Å². The third kappa shape index (κ3) is 1.14. The quantitative estimate of drug-likeness (QED) is 0.540. The molecule has 0 aliphatic rings. The maximum Gasteiger partial charge on any atom is 0.305 e. The molecule has 1 aromatic heterocycles. The van der Waals surface area contributed by atoms with E-state index in [4.69, 9.17) is 0 Å². The van der Waals surface area contributed by atoms with Gasteiger partial charge in [-0.05, 0) is 6.07 Å². The topological polar surface area (TPSA) is 58.9 Å². The Morgan fingerprint density at radius 2 is 1.92 bits per heavy atom. The van der Waals surface area contributed by atoms with Crippen LogP contribution in [0, 0.1) is 15.9 Å². The van der Waals surface area contributed by atoms with Gasteiger partial charge in [-0.15, -0.1) is 0 Å². The van der Waals surface area contributed by atoms with Crippen LogP contribution in [0.15, 0.2) is 24.5 Å². The van der Waals surface area contributed by atoms with Gasteiger partial charge < -0.3 is 4.98 Å². The Morgan fingerprint density at radius 3 is 2.54 bits per heavy atom. The van der Waals surface area contributed by atoms with Gasteiger partial charge in [-0.1, -0.05) is 0 Å². The van der Waals surface area contributed by atoms with E-state index in [1.54, 1.807) is 12.4 Å². The molecule has 0 saturated carbocycles. The lowest BCUT2D eigenvalue weighted by atomic mass is 10.2. The van der Waals surface area contributed by atoms with Crippen LogP contribution in [0.2, 0.25) is 0 Å². The van der Waals surface area contributed by atoms with Crippen molar-refractivity contribution in [3.63, 3.8) is 0 Å². The zero-order chi connectivity index (χ0) is 9.42. The van der Waals surface area contributed by atoms with Crippen LogP contribution in [0.1, 0.15) is 0 Å². The fourth-order valence-electron chi connectivity index (χ4n) is 1.20. The molecule has 0 unspecified atom stereocenters. The minimum Gasteiger partial charge on any atom is -0.366 e. The molecule has 1 N–H and O–H groups in total. The van der Waals surface area contributed by atoms with Crippen LogP contribution in [0.3, 0.4) is 0 Å². The Hall–Kier alpha value is -1.91. The number of nitro groups is 1. The molecule has 0 bridgehead atoms. The van der Waals surface area contributed by atoms with Gasteiger partial charge in [-0.3, -0.25) is 10.1 Å². The number of nitrogens with one attached hydrogen (secondary N) is 1. The molecule has 0 amide bonds. The SMILES string of the molecule is O=[N+]([O-])c1cc2c[nH]cc2cc1F. The van der Waals surface area contributed by atoms with E-state index in [1.807, 2.05) is 0 Å². The molecular formula is C8H5FN2O2. The Bertz CT molecular complexity index is 478. The maximum absolute atomic E-state index is 13.0. The Morgan fingerprint density at radius 1 is 1.31 bits per heavy atom. The molecule has 2 rings (SSSR count). The highest BCUT2D eigenvalue weighted by atomic mass is 19.1. The third-order valence-electron chi connectivity index (χ3n) is 1.83. The van der Waals surface area contributed by atoms with Gasteiger partial charge in [0.05, 0.1) is 4.92 Å². The third-order valence-corrected chi connectivity index (χ3v) is 1.83. The smallest absolute Gasteiger partial charge is 0.305 e. The fraction of sp³-hybridized carbons (Fsp3) is 0. The second kappa shape index (κ2) is 2.55.